The van der Waals surface area contributed by atoms with Crippen molar-refractivity contribution in [3.05, 3.63) is 34.1 Å². The predicted octanol–water partition coefficient (Wildman–Crippen LogP) is 1.17. The van der Waals surface area contributed by atoms with Gasteiger partial charge in [0.1, 0.15) is 6.20 Å². The molecular weight excluding hydrogens is 156 g/mol. The Kier molecular flexibility index (Phi) is 2.38. The Balaban J connectivity index is 2.87. The van der Waals surface area contributed by atoms with Crippen LogP contribution in [0.1, 0.15) is 5.69 Å². The Morgan fingerprint density at radius 3 is 2.83 bits per heavy atom. The number of hydrogen-bond acceptors (Lipinski definition) is 3. The monoisotopic (exact) mass is 162 g/mol. The van der Waals surface area contributed by atoms with Crippen molar-refractivity contribution in [2.75, 3.05) is 0 Å². The van der Waals surface area contributed by atoms with Crippen LogP contribution < -0.4 is 0 Å². The van der Waals surface area contributed by atoms with Gasteiger partial charge in [-0.2, -0.15) is 0 Å². The largest absolute Gasteiger partial charge is 0.287 e. The van der Waals surface area contributed by atoms with Crippen molar-refractivity contribution in [2.45, 2.75) is 6.42 Å². The summed E-state index contributed by atoms with van der Waals surface area (Å²) in [6.07, 6.45) is 6.64. The van der Waals surface area contributed by atoms with Gasteiger partial charge in [0.25, 0.3) is 5.69 Å². The van der Waals surface area contributed by atoms with Crippen LogP contribution in [0.5, 0.6) is 0 Å². The highest BCUT2D eigenvalue weighted by Crippen LogP contribution is 2.08. The first-order chi connectivity index (χ1) is 5.74. The molecule has 4 heteroatoms. The maximum Gasteiger partial charge on any atom is 0.287 e. The molecule has 0 unspecified atom stereocenters. The Hall–Kier alpha value is -1.89. The van der Waals surface area contributed by atoms with Crippen LogP contribution >= 0.6 is 0 Å². The van der Waals surface area contributed by atoms with E-state index in [4.69, 9.17) is 6.42 Å². The number of pyridine rings is 1. The molecule has 0 aromatic carbocycles. The van der Waals surface area contributed by atoms with E-state index in [1.54, 1.807) is 6.07 Å². The van der Waals surface area contributed by atoms with Gasteiger partial charge in [0.05, 0.1) is 17.0 Å². The Bertz CT molecular complexity index is 324. The lowest BCUT2D eigenvalue weighted by Gasteiger charge is -1.92. The predicted molar refractivity (Wildman–Crippen MR) is 43.4 cm³/mol. The quantitative estimate of drug-likeness (QED) is 0.372. The third-order valence-corrected chi connectivity index (χ3v) is 1.30. The summed E-state index contributed by atoms with van der Waals surface area (Å²) in [5.74, 6) is 2.40. The molecule has 0 radical (unpaired) electrons. The third-order valence-electron chi connectivity index (χ3n) is 1.30. The molecule has 0 fully saturated rings. The third kappa shape index (κ3) is 1.80. The topological polar surface area (TPSA) is 56.0 Å². The molecule has 0 saturated carbocycles. The van der Waals surface area contributed by atoms with Crippen molar-refractivity contribution in [1.29, 1.82) is 0 Å². The number of aromatic nitrogens is 1. The first-order valence-corrected chi connectivity index (χ1v) is 3.27. The molecule has 0 N–H and O–H groups in total. The fourth-order valence-electron chi connectivity index (χ4n) is 0.734. The lowest BCUT2D eigenvalue weighted by molar-refractivity contribution is -0.385. The van der Waals surface area contributed by atoms with E-state index in [0.717, 1.165) is 0 Å². The molecule has 1 heterocycles. The SMILES string of the molecule is C#CCc1ccc([N+](=O)[O-])cn1. The molecule has 0 amide bonds. The summed E-state index contributed by atoms with van der Waals surface area (Å²) in [6.45, 7) is 0. The van der Waals surface area contributed by atoms with E-state index in [1.807, 2.05) is 0 Å². The van der Waals surface area contributed by atoms with E-state index in [1.165, 1.54) is 12.3 Å². The average Bonchev–Trinajstić information content (AvgIpc) is 2.06. The summed E-state index contributed by atoms with van der Waals surface area (Å²) in [6, 6.07) is 2.94. The summed E-state index contributed by atoms with van der Waals surface area (Å²) in [7, 11) is 0. The molecule has 0 aliphatic carbocycles. The maximum atomic E-state index is 10.2. The van der Waals surface area contributed by atoms with Crippen LogP contribution in [0.2, 0.25) is 0 Å². The second-order valence-electron chi connectivity index (χ2n) is 2.15. The van der Waals surface area contributed by atoms with Crippen LogP contribution in [0.15, 0.2) is 18.3 Å². The minimum absolute atomic E-state index is 0.0178. The van der Waals surface area contributed by atoms with Crippen LogP contribution in [0.4, 0.5) is 5.69 Å². The van der Waals surface area contributed by atoms with Crippen molar-refractivity contribution < 1.29 is 4.92 Å². The number of rotatable bonds is 2. The van der Waals surface area contributed by atoms with E-state index in [9.17, 15) is 10.1 Å². The van der Waals surface area contributed by atoms with Gasteiger partial charge in [-0.25, -0.2) is 0 Å². The zero-order valence-corrected chi connectivity index (χ0v) is 6.23. The highest BCUT2D eigenvalue weighted by atomic mass is 16.6. The summed E-state index contributed by atoms with van der Waals surface area (Å²) in [4.78, 5) is 13.5. The molecule has 0 atom stereocenters. The molecule has 60 valence electrons. The second kappa shape index (κ2) is 3.49. The molecule has 0 bridgehead atoms. The van der Waals surface area contributed by atoms with E-state index in [-0.39, 0.29) is 5.69 Å². The van der Waals surface area contributed by atoms with Gasteiger partial charge < -0.3 is 0 Å². The molecule has 1 rings (SSSR count). The summed E-state index contributed by atoms with van der Waals surface area (Å²) in [5, 5.41) is 10.2. The van der Waals surface area contributed by atoms with Gasteiger partial charge in [-0.05, 0) is 6.07 Å². The first kappa shape index (κ1) is 8.21. The highest BCUT2D eigenvalue weighted by Gasteiger charge is 2.03. The Labute approximate surface area is 69.4 Å². The fraction of sp³-hybridized carbons (Fsp3) is 0.125. The molecule has 12 heavy (non-hydrogen) atoms. The van der Waals surface area contributed by atoms with Gasteiger partial charge in [0.15, 0.2) is 0 Å². The van der Waals surface area contributed by atoms with Gasteiger partial charge >= 0.3 is 0 Å². The van der Waals surface area contributed by atoms with Crippen LogP contribution in [0, 0.1) is 22.5 Å². The molecule has 0 spiro atoms. The molecule has 1 aromatic heterocycles. The van der Waals surface area contributed by atoms with E-state index in [0.29, 0.717) is 12.1 Å². The normalized spacial score (nSPS) is 8.92. The minimum Gasteiger partial charge on any atom is -0.258 e. The zero-order chi connectivity index (χ0) is 8.97. The number of nitrogens with zero attached hydrogens (tertiary/aromatic N) is 2. The maximum absolute atomic E-state index is 10.2. The lowest BCUT2D eigenvalue weighted by Crippen LogP contribution is -1.91. The van der Waals surface area contributed by atoms with Crippen LogP contribution in [0.25, 0.3) is 0 Å². The van der Waals surface area contributed by atoms with E-state index in [2.05, 4.69) is 10.9 Å². The van der Waals surface area contributed by atoms with Crippen LogP contribution in [-0.2, 0) is 6.42 Å². The van der Waals surface area contributed by atoms with Crippen molar-refractivity contribution in [1.82, 2.24) is 4.98 Å². The van der Waals surface area contributed by atoms with E-state index >= 15 is 0 Å². The van der Waals surface area contributed by atoms with Gasteiger partial charge in [-0.1, -0.05) is 0 Å². The van der Waals surface area contributed by atoms with Crippen molar-refractivity contribution in [3.8, 4) is 12.3 Å². The Morgan fingerprint density at radius 2 is 2.42 bits per heavy atom. The van der Waals surface area contributed by atoms with Crippen LogP contribution in [0.3, 0.4) is 0 Å². The zero-order valence-electron chi connectivity index (χ0n) is 6.23. The molecule has 4 nitrogen and oxygen atoms in total. The average molecular weight is 162 g/mol. The van der Waals surface area contributed by atoms with Gasteiger partial charge in [0.2, 0.25) is 0 Å². The summed E-state index contributed by atoms with van der Waals surface area (Å²) in [5.41, 5.74) is 0.652. The molecule has 0 aliphatic heterocycles. The van der Waals surface area contributed by atoms with Crippen molar-refractivity contribution >= 4 is 5.69 Å². The molecule has 0 saturated heterocycles. The number of terminal acetylenes is 1. The minimum atomic E-state index is -0.493. The van der Waals surface area contributed by atoms with Gasteiger partial charge in [-0.3, -0.25) is 15.1 Å². The highest BCUT2D eigenvalue weighted by molar-refractivity contribution is 5.27. The summed E-state index contributed by atoms with van der Waals surface area (Å²) < 4.78 is 0. The fourth-order valence-corrected chi connectivity index (χ4v) is 0.734. The number of nitro groups is 1. The van der Waals surface area contributed by atoms with Gasteiger partial charge in [0, 0.05) is 6.07 Å². The summed E-state index contributed by atoms with van der Waals surface area (Å²) >= 11 is 0. The standard InChI is InChI=1S/C8H6N2O2/c1-2-3-7-4-5-8(6-9-7)10(11)12/h1,4-6H,3H2. The first-order valence-electron chi connectivity index (χ1n) is 3.27. The van der Waals surface area contributed by atoms with Crippen molar-refractivity contribution in [3.63, 3.8) is 0 Å². The smallest absolute Gasteiger partial charge is 0.258 e. The number of hydrogen-bond donors (Lipinski definition) is 0. The van der Waals surface area contributed by atoms with Crippen molar-refractivity contribution in [2.24, 2.45) is 0 Å². The van der Waals surface area contributed by atoms with Gasteiger partial charge in [-0.15, -0.1) is 12.3 Å². The van der Waals surface area contributed by atoms with Crippen LogP contribution in [-0.4, -0.2) is 9.91 Å². The second-order valence-corrected chi connectivity index (χ2v) is 2.15. The molecular formula is C8H6N2O2. The van der Waals surface area contributed by atoms with E-state index < -0.39 is 4.92 Å². The Morgan fingerprint density at radius 1 is 1.67 bits per heavy atom. The lowest BCUT2D eigenvalue weighted by atomic mass is 10.3. The molecule has 0 aliphatic rings. The molecule has 1 aromatic rings.